The molecule has 11 rings (SSSR count). The Kier molecular flexibility index (Phi) is 10.5. The lowest BCUT2D eigenvalue weighted by atomic mass is 9.87. The van der Waals surface area contributed by atoms with E-state index in [-0.39, 0.29) is 41.8 Å². The average Bonchev–Trinajstić information content (AvgIpc) is 4.09. The van der Waals surface area contributed by atoms with Crippen LogP contribution in [0.15, 0.2) is 79.6 Å². The first-order valence-corrected chi connectivity index (χ1v) is 22.6. The van der Waals surface area contributed by atoms with E-state index >= 15 is 8.78 Å². The number of carbonyl (C=O) groups is 2. The van der Waals surface area contributed by atoms with Gasteiger partial charge >= 0.3 is 0 Å². The second-order valence-electron chi connectivity index (χ2n) is 17.9. The number of piperidine rings is 2. The minimum absolute atomic E-state index is 0.0538. The number of rotatable bonds is 8. The van der Waals surface area contributed by atoms with Gasteiger partial charge in [0.15, 0.2) is 11.6 Å². The molecule has 5 aromatic heterocycles. The monoisotopic (exact) mass is 878 g/mol. The van der Waals surface area contributed by atoms with E-state index in [1.54, 1.807) is 15.6 Å². The fraction of sp³-hybridized carbons (Fsp3) is 0.396. The number of anilines is 3. The van der Waals surface area contributed by atoms with E-state index in [4.69, 9.17) is 14.8 Å². The van der Waals surface area contributed by atoms with Crippen molar-refractivity contribution in [2.75, 3.05) is 54.4 Å². The minimum Gasteiger partial charge on any atom is -0.373 e. The Hall–Kier alpha value is -6.77. The van der Waals surface area contributed by atoms with Crippen molar-refractivity contribution in [3.05, 3.63) is 108 Å². The van der Waals surface area contributed by atoms with Crippen molar-refractivity contribution in [2.24, 2.45) is 0 Å². The maximum Gasteiger partial charge on any atom is 0.249 e. The van der Waals surface area contributed by atoms with Gasteiger partial charge < -0.3 is 19.9 Å². The lowest BCUT2D eigenvalue weighted by molar-refractivity contribution is -0.133. The quantitative estimate of drug-likeness (QED) is 0.163. The van der Waals surface area contributed by atoms with E-state index in [1.165, 1.54) is 17.7 Å². The summed E-state index contributed by atoms with van der Waals surface area (Å²) in [4.78, 5) is 39.8. The van der Waals surface area contributed by atoms with Crippen LogP contribution < -0.4 is 20.4 Å². The maximum atomic E-state index is 15.4. The Morgan fingerprint density at radius 2 is 1.60 bits per heavy atom. The molecule has 1 spiro atoms. The highest BCUT2D eigenvalue weighted by Crippen LogP contribution is 2.44. The van der Waals surface area contributed by atoms with Gasteiger partial charge in [0.2, 0.25) is 11.8 Å². The molecule has 1 aliphatic carbocycles. The Morgan fingerprint density at radius 3 is 2.34 bits per heavy atom. The van der Waals surface area contributed by atoms with Gasteiger partial charge in [-0.1, -0.05) is 6.07 Å². The lowest BCUT2D eigenvalue weighted by Crippen LogP contribution is -2.51. The predicted octanol–water partition coefficient (Wildman–Crippen LogP) is 6.35. The van der Waals surface area contributed by atoms with Crippen molar-refractivity contribution in [3.63, 3.8) is 0 Å². The zero-order chi connectivity index (χ0) is 44.2. The van der Waals surface area contributed by atoms with Crippen molar-refractivity contribution in [3.8, 4) is 28.3 Å². The first-order valence-electron chi connectivity index (χ1n) is 22.6. The Bertz CT molecular complexity index is 2810. The van der Waals surface area contributed by atoms with Crippen LogP contribution in [0.4, 0.5) is 26.0 Å². The van der Waals surface area contributed by atoms with Crippen molar-refractivity contribution >= 4 is 34.5 Å². The number of imide groups is 1. The zero-order valence-corrected chi connectivity index (χ0v) is 35.8. The summed E-state index contributed by atoms with van der Waals surface area (Å²) in [6.07, 6.45) is 17.3. The molecule has 3 saturated heterocycles. The molecule has 65 heavy (non-hydrogen) atoms. The number of benzene rings is 1. The van der Waals surface area contributed by atoms with Crippen LogP contribution >= 0.6 is 0 Å². The average molecular weight is 879 g/mol. The van der Waals surface area contributed by atoms with Gasteiger partial charge in [-0.3, -0.25) is 29.5 Å². The van der Waals surface area contributed by atoms with Gasteiger partial charge in [-0.25, -0.2) is 18.3 Å². The van der Waals surface area contributed by atoms with E-state index in [9.17, 15) is 14.9 Å². The van der Waals surface area contributed by atoms with Gasteiger partial charge in [0, 0.05) is 110 Å². The fourth-order valence-corrected chi connectivity index (χ4v) is 10.7. The van der Waals surface area contributed by atoms with Crippen LogP contribution in [-0.4, -0.2) is 97.4 Å². The SMILES string of the molecule is N#Cc1cnn2cc(-c3cnn([C@H]4CC[C@@H](N5CCN(c6c(F)cc(NC7CCC(=O)NC7=O)cc6F)CC5)CC4)c3)cc(-c3ccc(N4CCC5(CC4)OCc4cccnc45)nc3)c12. The van der Waals surface area contributed by atoms with E-state index in [2.05, 4.69) is 71.7 Å². The van der Waals surface area contributed by atoms with Crippen LogP contribution in [0.25, 0.3) is 27.8 Å². The maximum absolute atomic E-state index is 15.4. The highest BCUT2D eigenvalue weighted by molar-refractivity contribution is 6.01. The molecule has 2 N–H and O–H groups in total. The smallest absolute Gasteiger partial charge is 0.249 e. The molecule has 15 nitrogen and oxygen atoms in total. The molecule has 4 fully saturated rings. The van der Waals surface area contributed by atoms with Crippen LogP contribution in [0.3, 0.4) is 0 Å². The summed E-state index contributed by atoms with van der Waals surface area (Å²) in [7, 11) is 0. The number of nitrogens with one attached hydrogen (secondary N) is 2. The third kappa shape index (κ3) is 7.63. The molecule has 0 radical (unpaired) electrons. The van der Waals surface area contributed by atoms with Crippen molar-refractivity contribution in [2.45, 2.75) is 81.7 Å². The third-order valence-corrected chi connectivity index (χ3v) is 14.2. The van der Waals surface area contributed by atoms with Gasteiger partial charge in [0.1, 0.15) is 29.2 Å². The van der Waals surface area contributed by atoms with Crippen LogP contribution in [0.5, 0.6) is 0 Å². The van der Waals surface area contributed by atoms with Gasteiger partial charge in [0.25, 0.3) is 0 Å². The number of nitriles is 1. The third-order valence-electron chi connectivity index (χ3n) is 14.2. The number of aromatic nitrogens is 6. The Morgan fingerprint density at radius 1 is 0.815 bits per heavy atom. The molecule has 332 valence electrons. The summed E-state index contributed by atoms with van der Waals surface area (Å²) in [5, 5.41) is 24.6. The van der Waals surface area contributed by atoms with Crippen LogP contribution in [-0.2, 0) is 26.5 Å². The predicted molar refractivity (Wildman–Crippen MR) is 238 cm³/mol. The summed E-state index contributed by atoms with van der Waals surface area (Å²) >= 11 is 0. The van der Waals surface area contributed by atoms with E-state index in [1.807, 2.05) is 30.9 Å². The van der Waals surface area contributed by atoms with Crippen molar-refractivity contribution in [1.82, 2.24) is 39.6 Å². The van der Waals surface area contributed by atoms with E-state index in [0.717, 1.165) is 90.9 Å². The Labute approximate surface area is 374 Å². The lowest BCUT2D eigenvalue weighted by Gasteiger charge is -2.42. The number of halogens is 2. The van der Waals surface area contributed by atoms with Crippen LogP contribution in [0, 0.1) is 23.0 Å². The van der Waals surface area contributed by atoms with E-state index < -0.39 is 23.6 Å². The number of nitrogens with zero attached hydrogens (tertiary/aromatic N) is 10. The number of pyridine rings is 3. The molecule has 1 unspecified atom stereocenters. The normalized spacial score (nSPS) is 22.3. The minimum atomic E-state index is -0.727. The summed E-state index contributed by atoms with van der Waals surface area (Å²) in [6.45, 7) is 4.62. The van der Waals surface area contributed by atoms with Gasteiger partial charge in [-0.2, -0.15) is 15.5 Å². The topological polar surface area (TPSA) is 162 Å². The van der Waals surface area contributed by atoms with Gasteiger partial charge in [-0.05, 0) is 81.3 Å². The van der Waals surface area contributed by atoms with Gasteiger partial charge in [-0.15, -0.1) is 0 Å². The largest absolute Gasteiger partial charge is 0.373 e. The number of hydrogen-bond donors (Lipinski definition) is 2. The highest BCUT2D eigenvalue weighted by Gasteiger charge is 2.44. The van der Waals surface area contributed by atoms with E-state index in [0.29, 0.717) is 44.4 Å². The van der Waals surface area contributed by atoms with Crippen LogP contribution in [0.2, 0.25) is 0 Å². The summed E-state index contributed by atoms with van der Waals surface area (Å²) in [5.74, 6) is -1.31. The summed E-state index contributed by atoms with van der Waals surface area (Å²) in [6, 6.07) is 15.0. The Balaban J connectivity index is 0.723. The highest BCUT2D eigenvalue weighted by atomic mass is 19.1. The standard InChI is InChI=1S/C48H48F2N12O3/c49-39-21-35(56-41-8-10-43(63)57-47(41)64)22-40(50)45(39)60-18-16-58(17-19-60)36-4-6-37(7-5-36)61-28-34(26-54-61)32-20-38(44-33(23-51)25-55-62(44)27-32)30-3-9-42(53-24-30)59-14-11-48(12-15-59)46-31(29-65-48)2-1-13-52-46/h1-3,9,13,20-22,24-28,36-37,41,56H,4-8,10-12,14-19,29H2,(H,57,63,64)/t36-,37+,41?. The molecule has 2 amide bonds. The molecule has 17 heteroatoms. The van der Waals surface area contributed by atoms with Gasteiger partial charge in [0.05, 0.1) is 41.8 Å². The zero-order valence-electron chi connectivity index (χ0n) is 35.8. The number of fused-ring (bicyclic) bond motifs is 3. The molecular weight excluding hydrogens is 831 g/mol. The molecule has 9 heterocycles. The van der Waals surface area contributed by atoms with Crippen molar-refractivity contribution < 1.29 is 23.1 Å². The molecule has 4 aliphatic heterocycles. The molecule has 1 aromatic carbocycles. The summed E-state index contributed by atoms with van der Waals surface area (Å²) < 4.78 is 40.9. The second kappa shape index (κ2) is 16.7. The molecule has 0 bridgehead atoms. The number of ether oxygens (including phenoxy) is 1. The van der Waals surface area contributed by atoms with Crippen LogP contribution in [0.1, 0.15) is 74.2 Å². The molecule has 6 aromatic rings. The number of piperazine rings is 1. The molecular formula is C48H48F2N12O3. The molecule has 1 saturated carbocycles. The number of amides is 2. The first-order chi connectivity index (χ1) is 31.7. The number of hydrogen-bond acceptors (Lipinski definition) is 12. The molecule has 1 atom stereocenters. The fourth-order valence-electron chi connectivity index (χ4n) is 10.7. The second-order valence-corrected chi connectivity index (χ2v) is 17.9. The summed E-state index contributed by atoms with van der Waals surface area (Å²) in [5.41, 5.74) is 6.91. The number of carbonyl (C=O) groups excluding carboxylic acids is 2. The van der Waals surface area contributed by atoms with Crippen molar-refractivity contribution in [1.29, 1.82) is 5.26 Å². The first kappa shape index (κ1) is 41.0. The molecule has 5 aliphatic rings.